The molecule has 6 nitrogen and oxygen atoms in total. The third-order valence-corrected chi connectivity index (χ3v) is 3.56. The zero-order valence-corrected chi connectivity index (χ0v) is 12.4. The van der Waals surface area contributed by atoms with Gasteiger partial charge in [0.15, 0.2) is 5.13 Å². The second-order valence-corrected chi connectivity index (χ2v) is 5.66. The number of carboxylic acids is 1. The highest BCUT2D eigenvalue weighted by Crippen LogP contribution is 2.20. The average Bonchev–Trinajstić information content (AvgIpc) is 2.78. The van der Waals surface area contributed by atoms with Crippen molar-refractivity contribution in [3.63, 3.8) is 0 Å². The van der Waals surface area contributed by atoms with Crippen molar-refractivity contribution in [2.24, 2.45) is 0 Å². The SMILES string of the molecule is Nc1nc(C(=O)Nc2ccc(I)cc2C(=O)O)cs1. The van der Waals surface area contributed by atoms with Gasteiger partial charge in [-0.2, -0.15) is 0 Å². The van der Waals surface area contributed by atoms with Gasteiger partial charge in [-0.05, 0) is 40.8 Å². The standard InChI is InChI=1S/C11H8IN3O3S/c12-5-1-2-7(6(3-5)10(17)18)14-9(16)8-4-19-11(13)15-8/h1-4H,(H2,13,15)(H,14,16)(H,17,18). The van der Waals surface area contributed by atoms with Crippen molar-refractivity contribution < 1.29 is 14.7 Å². The number of aromatic nitrogens is 1. The Hall–Kier alpha value is -1.68. The van der Waals surface area contributed by atoms with Gasteiger partial charge in [0, 0.05) is 8.95 Å². The summed E-state index contributed by atoms with van der Waals surface area (Å²) in [6, 6.07) is 4.73. The lowest BCUT2D eigenvalue weighted by Gasteiger charge is -2.07. The summed E-state index contributed by atoms with van der Waals surface area (Å²) in [5, 5.41) is 13.4. The number of carbonyl (C=O) groups excluding carboxylic acids is 1. The van der Waals surface area contributed by atoms with Crippen LogP contribution in [0.1, 0.15) is 20.8 Å². The molecule has 0 atom stereocenters. The minimum absolute atomic E-state index is 0.0310. The maximum absolute atomic E-state index is 11.9. The summed E-state index contributed by atoms with van der Waals surface area (Å²) in [7, 11) is 0. The first kappa shape index (κ1) is 13.7. The minimum Gasteiger partial charge on any atom is -0.478 e. The predicted molar refractivity (Wildman–Crippen MR) is 80.6 cm³/mol. The lowest BCUT2D eigenvalue weighted by Crippen LogP contribution is -2.15. The molecule has 0 saturated heterocycles. The highest BCUT2D eigenvalue weighted by atomic mass is 127. The zero-order chi connectivity index (χ0) is 14.0. The number of nitrogens with two attached hydrogens (primary N) is 1. The molecule has 2 aromatic rings. The molecule has 1 aromatic carbocycles. The molecule has 98 valence electrons. The molecule has 0 aliphatic rings. The van der Waals surface area contributed by atoms with Crippen LogP contribution in [0.4, 0.5) is 10.8 Å². The fraction of sp³-hybridized carbons (Fsp3) is 0. The summed E-state index contributed by atoms with van der Waals surface area (Å²) in [6.07, 6.45) is 0. The molecule has 0 saturated carbocycles. The number of anilines is 2. The molecule has 0 spiro atoms. The van der Waals surface area contributed by atoms with Crippen LogP contribution in [0.5, 0.6) is 0 Å². The van der Waals surface area contributed by atoms with E-state index < -0.39 is 11.9 Å². The molecule has 0 bridgehead atoms. The average molecular weight is 389 g/mol. The summed E-state index contributed by atoms with van der Waals surface area (Å²) < 4.78 is 0.769. The van der Waals surface area contributed by atoms with Gasteiger partial charge in [-0.3, -0.25) is 4.79 Å². The van der Waals surface area contributed by atoms with Gasteiger partial charge in [0.25, 0.3) is 5.91 Å². The Morgan fingerprint density at radius 3 is 2.74 bits per heavy atom. The van der Waals surface area contributed by atoms with Gasteiger partial charge >= 0.3 is 5.97 Å². The smallest absolute Gasteiger partial charge is 0.337 e. The van der Waals surface area contributed by atoms with E-state index in [1.165, 1.54) is 11.4 Å². The van der Waals surface area contributed by atoms with Crippen molar-refractivity contribution in [2.75, 3.05) is 11.1 Å². The van der Waals surface area contributed by atoms with Gasteiger partial charge in [-0.1, -0.05) is 0 Å². The van der Waals surface area contributed by atoms with Crippen LogP contribution < -0.4 is 11.1 Å². The van der Waals surface area contributed by atoms with Gasteiger partial charge in [-0.15, -0.1) is 11.3 Å². The van der Waals surface area contributed by atoms with Crippen molar-refractivity contribution in [2.45, 2.75) is 0 Å². The maximum Gasteiger partial charge on any atom is 0.337 e. The van der Waals surface area contributed by atoms with Crippen LogP contribution in [0.25, 0.3) is 0 Å². The van der Waals surface area contributed by atoms with Crippen LogP contribution >= 0.6 is 33.9 Å². The van der Waals surface area contributed by atoms with Gasteiger partial charge in [0.2, 0.25) is 0 Å². The third kappa shape index (κ3) is 3.20. The Kier molecular flexibility index (Phi) is 4.00. The van der Waals surface area contributed by atoms with Gasteiger partial charge in [-0.25, -0.2) is 9.78 Å². The van der Waals surface area contributed by atoms with E-state index in [0.29, 0.717) is 0 Å². The van der Waals surface area contributed by atoms with E-state index in [4.69, 9.17) is 10.8 Å². The number of benzene rings is 1. The number of rotatable bonds is 3. The Morgan fingerprint density at radius 2 is 2.16 bits per heavy atom. The normalized spacial score (nSPS) is 10.2. The number of nitrogens with zero attached hydrogens (tertiary/aromatic N) is 1. The zero-order valence-electron chi connectivity index (χ0n) is 9.38. The Labute approximate surface area is 125 Å². The Balaban J connectivity index is 2.28. The number of carboxylic acid groups (broad SMARTS) is 1. The molecular weight excluding hydrogens is 381 g/mol. The fourth-order valence-electron chi connectivity index (χ4n) is 1.38. The van der Waals surface area contributed by atoms with Crippen molar-refractivity contribution in [3.8, 4) is 0 Å². The van der Waals surface area contributed by atoms with E-state index in [-0.39, 0.29) is 22.1 Å². The third-order valence-electron chi connectivity index (χ3n) is 2.21. The monoisotopic (exact) mass is 389 g/mol. The maximum atomic E-state index is 11.9. The summed E-state index contributed by atoms with van der Waals surface area (Å²) in [6.45, 7) is 0. The molecule has 0 aliphatic carbocycles. The molecule has 8 heteroatoms. The lowest BCUT2D eigenvalue weighted by atomic mass is 10.2. The second-order valence-electron chi connectivity index (χ2n) is 3.52. The molecule has 0 radical (unpaired) electrons. The molecule has 1 heterocycles. The largest absolute Gasteiger partial charge is 0.478 e. The number of nitrogen functional groups attached to an aromatic ring is 1. The van der Waals surface area contributed by atoms with E-state index in [2.05, 4.69) is 10.3 Å². The summed E-state index contributed by atoms with van der Waals surface area (Å²) in [5.41, 5.74) is 5.86. The van der Waals surface area contributed by atoms with Crippen LogP contribution in [-0.2, 0) is 0 Å². The molecule has 0 fully saturated rings. The van der Waals surface area contributed by atoms with Crippen molar-refractivity contribution in [3.05, 3.63) is 38.4 Å². The topological polar surface area (TPSA) is 105 Å². The van der Waals surface area contributed by atoms with E-state index >= 15 is 0 Å². The van der Waals surface area contributed by atoms with Crippen molar-refractivity contribution in [1.29, 1.82) is 0 Å². The molecular formula is C11H8IN3O3S. The van der Waals surface area contributed by atoms with Crippen molar-refractivity contribution >= 4 is 56.6 Å². The van der Waals surface area contributed by atoms with Gasteiger partial charge in [0.05, 0.1) is 11.3 Å². The van der Waals surface area contributed by atoms with E-state index in [9.17, 15) is 9.59 Å². The van der Waals surface area contributed by atoms with Crippen LogP contribution in [0.3, 0.4) is 0 Å². The van der Waals surface area contributed by atoms with Crippen LogP contribution in [0, 0.1) is 3.57 Å². The highest BCUT2D eigenvalue weighted by Gasteiger charge is 2.15. The number of aromatic carboxylic acids is 1. The van der Waals surface area contributed by atoms with Crippen LogP contribution in [0.2, 0.25) is 0 Å². The number of hydrogen-bond acceptors (Lipinski definition) is 5. The first-order valence-electron chi connectivity index (χ1n) is 5.02. The summed E-state index contributed by atoms with van der Waals surface area (Å²) in [5.74, 6) is -1.59. The minimum atomic E-state index is -1.10. The van der Waals surface area contributed by atoms with E-state index in [0.717, 1.165) is 14.9 Å². The van der Waals surface area contributed by atoms with Gasteiger partial charge in [0.1, 0.15) is 5.69 Å². The van der Waals surface area contributed by atoms with Gasteiger partial charge < -0.3 is 16.2 Å². The van der Waals surface area contributed by atoms with Crippen LogP contribution in [-0.4, -0.2) is 22.0 Å². The summed E-state index contributed by atoms with van der Waals surface area (Å²) >= 11 is 3.15. The number of amides is 1. The van der Waals surface area contributed by atoms with Crippen LogP contribution in [0.15, 0.2) is 23.6 Å². The highest BCUT2D eigenvalue weighted by molar-refractivity contribution is 14.1. The molecule has 0 aliphatic heterocycles. The number of carbonyl (C=O) groups is 2. The molecule has 1 aromatic heterocycles. The number of nitrogens with one attached hydrogen (secondary N) is 1. The molecule has 19 heavy (non-hydrogen) atoms. The number of halogens is 1. The number of thiazole rings is 1. The van der Waals surface area contributed by atoms with E-state index in [1.807, 2.05) is 22.6 Å². The Bertz CT molecular complexity index is 656. The predicted octanol–water partition coefficient (Wildman–Crippen LogP) is 2.28. The quantitative estimate of drug-likeness (QED) is 0.699. The summed E-state index contributed by atoms with van der Waals surface area (Å²) in [4.78, 5) is 26.8. The first-order valence-corrected chi connectivity index (χ1v) is 6.98. The molecule has 0 unspecified atom stereocenters. The number of hydrogen-bond donors (Lipinski definition) is 3. The lowest BCUT2D eigenvalue weighted by molar-refractivity contribution is 0.0698. The first-order chi connectivity index (χ1) is 8.97. The second kappa shape index (κ2) is 5.53. The molecule has 2 rings (SSSR count). The molecule has 4 N–H and O–H groups in total. The Morgan fingerprint density at radius 1 is 1.42 bits per heavy atom. The molecule has 1 amide bonds. The van der Waals surface area contributed by atoms with E-state index in [1.54, 1.807) is 12.1 Å². The van der Waals surface area contributed by atoms with Crippen molar-refractivity contribution in [1.82, 2.24) is 4.98 Å². The fourth-order valence-corrected chi connectivity index (χ4v) is 2.42.